The Labute approximate surface area is 252 Å². The summed E-state index contributed by atoms with van der Waals surface area (Å²) < 4.78 is 6.98. The van der Waals surface area contributed by atoms with Crippen LogP contribution in [0, 0.1) is 13.8 Å². The van der Waals surface area contributed by atoms with Crippen molar-refractivity contribution in [2.45, 2.75) is 38.5 Å². The van der Waals surface area contributed by atoms with Gasteiger partial charge in [0.1, 0.15) is 11.2 Å². The number of hydrogen-bond donors (Lipinski definition) is 0. The van der Waals surface area contributed by atoms with Gasteiger partial charge in [0.25, 0.3) is 0 Å². The van der Waals surface area contributed by atoms with Crippen LogP contribution in [0.25, 0.3) is 44.2 Å². The van der Waals surface area contributed by atoms with E-state index in [0.717, 1.165) is 11.2 Å². The Balaban J connectivity index is 1.62. The van der Waals surface area contributed by atoms with Crippen molar-refractivity contribution in [1.82, 2.24) is 0 Å². The first-order valence-corrected chi connectivity index (χ1v) is 15.3. The minimum atomic E-state index is -0.509. The van der Waals surface area contributed by atoms with Crippen LogP contribution >= 0.6 is 0 Å². The number of furan rings is 1. The molecule has 0 saturated carbocycles. The summed E-state index contributed by atoms with van der Waals surface area (Å²) in [5.74, 6) is 0. The number of para-hydroxylation sites is 1. The summed E-state index contributed by atoms with van der Waals surface area (Å²) >= 11 is 0. The zero-order valence-corrected chi connectivity index (χ0v) is 25.0. The summed E-state index contributed by atoms with van der Waals surface area (Å²) in [5, 5.41) is 2.43. The monoisotopic (exact) mass is 552 g/mol. The predicted molar refractivity (Wildman–Crippen MR) is 178 cm³/mol. The average molecular weight is 553 g/mol. The standard InChI is InChI=1S/C42H32O/c1-25-19-21-29-32(23-25)41(3,4)38-35(29)36-31-17-11-12-18-34(31)43-40(36)37-30-22-20-26(2)24-33(30)42(39(37)38,27-13-7-5-8-14-27)28-15-9-6-10-16-28/h5-24H,1-4H3. The molecule has 1 heterocycles. The smallest absolute Gasteiger partial charge is 0.144 e. The zero-order valence-electron chi connectivity index (χ0n) is 25.0. The third-order valence-corrected chi connectivity index (χ3v) is 10.2. The van der Waals surface area contributed by atoms with Crippen LogP contribution in [0.5, 0.6) is 0 Å². The first-order chi connectivity index (χ1) is 20.9. The first-order valence-electron chi connectivity index (χ1n) is 15.3. The first kappa shape index (κ1) is 24.7. The third-order valence-electron chi connectivity index (χ3n) is 10.2. The van der Waals surface area contributed by atoms with Crippen molar-refractivity contribution in [1.29, 1.82) is 0 Å². The Hall–Kier alpha value is -4.88. The van der Waals surface area contributed by atoms with Crippen molar-refractivity contribution in [3.8, 4) is 22.3 Å². The second-order valence-electron chi connectivity index (χ2n) is 13.0. The molecule has 0 amide bonds. The summed E-state index contributed by atoms with van der Waals surface area (Å²) in [6.45, 7) is 9.29. The third kappa shape index (κ3) is 2.97. The van der Waals surface area contributed by atoms with E-state index in [4.69, 9.17) is 4.42 Å². The van der Waals surface area contributed by atoms with E-state index in [9.17, 15) is 0 Å². The molecule has 0 spiro atoms. The van der Waals surface area contributed by atoms with E-state index < -0.39 is 5.41 Å². The molecule has 0 aliphatic heterocycles. The molecule has 1 nitrogen and oxygen atoms in total. The van der Waals surface area contributed by atoms with Gasteiger partial charge in [-0.1, -0.05) is 140 Å². The molecule has 0 fully saturated rings. The Morgan fingerprint density at radius 2 is 1.09 bits per heavy atom. The maximum atomic E-state index is 6.98. The van der Waals surface area contributed by atoms with E-state index in [1.807, 2.05) is 0 Å². The maximum absolute atomic E-state index is 6.98. The van der Waals surface area contributed by atoms with Crippen molar-refractivity contribution in [2.24, 2.45) is 0 Å². The van der Waals surface area contributed by atoms with Gasteiger partial charge in [-0.2, -0.15) is 0 Å². The number of fused-ring (bicyclic) bond motifs is 12. The van der Waals surface area contributed by atoms with Crippen molar-refractivity contribution < 1.29 is 4.42 Å². The van der Waals surface area contributed by atoms with E-state index in [-0.39, 0.29) is 5.41 Å². The average Bonchev–Trinajstić information content (AvgIpc) is 3.62. The highest BCUT2D eigenvalue weighted by Gasteiger charge is 2.53. The van der Waals surface area contributed by atoms with Crippen LogP contribution in [-0.4, -0.2) is 0 Å². The zero-order chi connectivity index (χ0) is 29.1. The van der Waals surface area contributed by atoms with Gasteiger partial charge in [-0.3, -0.25) is 0 Å². The van der Waals surface area contributed by atoms with Gasteiger partial charge >= 0.3 is 0 Å². The van der Waals surface area contributed by atoms with Gasteiger partial charge in [-0.05, 0) is 70.0 Å². The van der Waals surface area contributed by atoms with Crippen LogP contribution < -0.4 is 0 Å². The Morgan fingerprint density at radius 3 is 1.74 bits per heavy atom. The summed E-state index contributed by atoms with van der Waals surface area (Å²) in [5.41, 5.74) is 17.0. The molecule has 43 heavy (non-hydrogen) atoms. The van der Waals surface area contributed by atoms with Crippen molar-refractivity contribution >= 4 is 21.9 Å². The SMILES string of the molecule is Cc1ccc2c(c1)C(C)(C)c1c3c(c4oc5ccccc5c4c1-2)-c1ccc(C)cc1C3(c1ccccc1)c1ccccc1. The molecule has 2 aliphatic rings. The van der Waals surface area contributed by atoms with Crippen LogP contribution in [-0.2, 0) is 10.8 Å². The minimum absolute atomic E-state index is 0.223. The topological polar surface area (TPSA) is 13.1 Å². The fourth-order valence-corrected chi connectivity index (χ4v) is 8.48. The lowest BCUT2D eigenvalue weighted by Gasteiger charge is -2.38. The molecule has 0 radical (unpaired) electrons. The molecule has 0 bridgehead atoms. The number of hydrogen-bond acceptors (Lipinski definition) is 1. The van der Waals surface area contributed by atoms with Crippen LogP contribution in [0.3, 0.4) is 0 Å². The highest BCUT2D eigenvalue weighted by Crippen LogP contribution is 2.66. The molecule has 9 rings (SSSR count). The number of aryl methyl sites for hydroxylation is 2. The van der Waals surface area contributed by atoms with E-state index in [2.05, 4.69) is 149 Å². The van der Waals surface area contributed by atoms with Gasteiger partial charge in [0.05, 0.1) is 5.41 Å². The number of benzene rings is 6. The highest BCUT2D eigenvalue weighted by molar-refractivity contribution is 6.21. The van der Waals surface area contributed by atoms with E-state index in [1.165, 1.54) is 77.5 Å². The summed E-state index contributed by atoms with van der Waals surface area (Å²) in [6.07, 6.45) is 0. The second kappa shape index (κ2) is 8.36. The van der Waals surface area contributed by atoms with E-state index in [0.29, 0.717) is 0 Å². The fraction of sp³-hybridized carbons (Fsp3) is 0.143. The Kier molecular flexibility index (Phi) is 4.80. The molecule has 7 aromatic rings. The van der Waals surface area contributed by atoms with Crippen LogP contribution in [0.1, 0.15) is 58.4 Å². The van der Waals surface area contributed by atoms with E-state index in [1.54, 1.807) is 0 Å². The number of rotatable bonds is 2. The van der Waals surface area contributed by atoms with Gasteiger partial charge in [-0.25, -0.2) is 0 Å². The normalized spacial score (nSPS) is 15.3. The van der Waals surface area contributed by atoms with Crippen molar-refractivity contribution in [3.05, 3.63) is 166 Å². The van der Waals surface area contributed by atoms with Gasteiger partial charge in [-0.15, -0.1) is 0 Å². The molecule has 0 unspecified atom stereocenters. The predicted octanol–water partition coefficient (Wildman–Crippen LogP) is 10.9. The van der Waals surface area contributed by atoms with Crippen LogP contribution in [0.4, 0.5) is 0 Å². The fourth-order valence-electron chi connectivity index (χ4n) is 8.48. The van der Waals surface area contributed by atoms with Gasteiger partial charge in [0, 0.05) is 21.8 Å². The largest absolute Gasteiger partial charge is 0.455 e. The van der Waals surface area contributed by atoms with Gasteiger partial charge in [0.2, 0.25) is 0 Å². The molecule has 1 aromatic heterocycles. The Bertz CT molecular complexity index is 2230. The molecule has 0 saturated heterocycles. The molecule has 6 aromatic carbocycles. The van der Waals surface area contributed by atoms with Gasteiger partial charge in [0.15, 0.2) is 0 Å². The molecular formula is C42H32O. The molecule has 0 N–H and O–H groups in total. The van der Waals surface area contributed by atoms with Crippen LogP contribution in [0.2, 0.25) is 0 Å². The molecule has 206 valence electrons. The van der Waals surface area contributed by atoms with Crippen LogP contribution in [0.15, 0.2) is 126 Å². The van der Waals surface area contributed by atoms with Crippen molar-refractivity contribution in [3.63, 3.8) is 0 Å². The van der Waals surface area contributed by atoms with Crippen molar-refractivity contribution in [2.75, 3.05) is 0 Å². The van der Waals surface area contributed by atoms with E-state index >= 15 is 0 Å². The lowest BCUT2D eigenvalue weighted by molar-refractivity contribution is 0.631. The quantitative estimate of drug-likeness (QED) is 0.208. The summed E-state index contributed by atoms with van der Waals surface area (Å²) in [7, 11) is 0. The summed E-state index contributed by atoms with van der Waals surface area (Å²) in [4.78, 5) is 0. The molecule has 2 aliphatic carbocycles. The lowest BCUT2D eigenvalue weighted by Crippen LogP contribution is -2.32. The maximum Gasteiger partial charge on any atom is 0.144 e. The molecule has 1 heteroatoms. The molecular weight excluding hydrogens is 520 g/mol. The van der Waals surface area contributed by atoms with Gasteiger partial charge < -0.3 is 4.42 Å². The highest BCUT2D eigenvalue weighted by atomic mass is 16.3. The molecule has 0 atom stereocenters. The summed E-state index contributed by atoms with van der Waals surface area (Å²) in [6, 6.07) is 45.0. The lowest BCUT2D eigenvalue weighted by atomic mass is 9.63. The second-order valence-corrected chi connectivity index (χ2v) is 13.0. The minimum Gasteiger partial charge on any atom is -0.455 e. The Morgan fingerprint density at radius 1 is 0.535 bits per heavy atom.